The fourth-order valence-corrected chi connectivity index (χ4v) is 1.56. The summed E-state index contributed by atoms with van der Waals surface area (Å²) in [5, 5.41) is 0. The van der Waals surface area contributed by atoms with Gasteiger partial charge in [0.25, 0.3) is 0 Å². The molecule has 0 heterocycles. The maximum atomic E-state index is 12.4. The third kappa shape index (κ3) is 2.78. The van der Waals surface area contributed by atoms with Crippen molar-refractivity contribution in [1.29, 1.82) is 0 Å². The molecule has 1 atom stereocenters. The Morgan fingerprint density at radius 3 is 2.38 bits per heavy atom. The number of alkyl halides is 3. The molecule has 0 spiro atoms. The zero-order valence-corrected chi connectivity index (χ0v) is 9.18. The summed E-state index contributed by atoms with van der Waals surface area (Å²) in [6.07, 6.45) is -0.600. The molecule has 0 aromatic heterocycles. The second-order valence-corrected chi connectivity index (χ2v) is 3.66. The van der Waals surface area contributed by atoms with E-state index >= 15 is 0 Å². The third-order valence-electron chi connectivity index (χ3n) is 2.39. The lowest BCUT2D eigenvalue weighted by molar-refractivity contribution is -0.137. The van der Waals surface area contributed by atoms with Crippen molar-refractivity contribution in [3.8, 4) is 0 Å². The number of anilines is 1. The summed E-state index contributed by atoms with van der Waals surface area (Å²) in [5.41, 5.74) is 5.80. The van der Waals surface area contributed by atoms with Gasteiger partial charge in [-0.15, -0.1) is 0 Å². The van der Waals surface area contributed by atoms with E-state index in [9.17, 15) is 13.2 Å². The maximum absolute atomic E-state index is 12.4. The van der Waals surface area contributed by atoms with Crippen LogP contribution in [0.4, 0.5) is 18.9 Å². The molecule has 0 saturated heterocycles. The highest BCUT2D eigenvalue weighted by molar-refractivity contribution is 5.52. The molecule has 0 radical (unpaired) electrons. The number of nitrogen functional groups attached to an aromatic ring is 1. The van der Waals surface area contributed by atoms with Crippen LogP contribution < -0.4 is 5.73 Å². The summed E-state index contributed by atoms with van der Waals surface area (Å²) in [5.74, 6) is 0.0206. The summed E-state index contributed by atoms with van der Waals surface area (Å²) >= 11 is 0. The molecule has 0 amide bonds. The van der Waals surface area contributed by atoms with E-state index in [2.05, 4.69) is 0 Å². The van der Waals surface area contributed by atoms with Crippen LogP contribution in [-0.4, -0.2) is 0 Å². The van der Waals surface area contributed by atoms with Crippen LogP contribution in [0.25, 0.3) is 0 Å². The SMILES string of the molecule is C/C=C/C(C)c1ccc(C(F)(F)F)cc1N. The molecule has 88 valence electrons. The van der Waals surface area contributed by atoms with Gasteiger partial charge in [0.15, 0.2) is 0 Å². The number of rotatable bonds is 2. The molecule has 1 aromatic rings. The number of hydrogen-bond acceptors (Lipinski definition) is 1. The first kappa shape index (κ1) is 12.6. The Kier molecular flexibility index (Phi) is 3.62. The number of nitrogens with two attached hydrogens (primary N) is 1. The second-order valence-electron chi connectivity index (χ2n) is 3.66. The molecule has 1 nitrogen and oxygen atoms in total. The largest absolute Gasteiger partial charge is 0.416 e. The summed E-state index contributed by atoms with van der Waals surface area (Å²) in [7, 11) is 0. The molecule has 0 fully saturated rings. The highest BCUT2D eigenvalue weighted by Crippen LogP contribution is 2.33. The zero-order chi connectivity index (χ0) is 12.3. The van der Waals surface area contributed by atoms with E-state index in [0.29, 0.717) is 5.56 Å². The highest BCUT2D eigenvalue weighted by atomic mass is 19.4. The molecule has 0 bridgehead atoms. The Labute approximate surface area is 92.8 Å². The summed E-state index contributed by atoms with van der Waals surface area (Å²) in [6.45, 7) is 3.75. The van der Waals surface area contributed by atoms with Gasteiger partial charge in [-0.3, -0.25) is 0 Å². The van der Waals surface area contributed by atoms with Gasteiger partial charge in [-0.05, 0) is 24.6 Å². The smallest absolute Gasteiger partial charge is 0.398 e. The average molecular weight is 229 g/mol. The summed E-state index contributed by atoms with van der Waals surface area (Å²) in [4.78, 5) is 0. The van der Waals surface area contributed by atoms with Gasteiger partial charge in [-0.25, -0.2) is 0 Å². The van der Waals surface area contributed by atoms with E-state index in [4.69, 9.17) is 5.73 Å². The van der Waals surface area contributed by atoms with Crippen molar-refractivity contribution in [2.45, 2.75) is 25.9 Å². The predicted molar refractivity (Wildman–Crippen MR) is 59.1 cm³/mol. The van der Waals surface area contributed by atoms with Crippen LogP contribution in [0.2, 0.25) is 0 Å². The van der Waals surface area contributed by atoms with E-state index in [1.54, 1.807) is 0 Å². The van der Waals surface area contributed by atoms with Gasteiger partial charge in [-0.1, -0.05) is 25.1 Å². The van der Waals surface area contributed by atoms with E-state index < -0.39 is 11.7 Å². The molecule has 1 unspecified atom stereocenters. The predicted octanol–water partition coefficient (Wildman–Crippen LogP) is 3.97. The molecule has 16 heavy (non-hydrogen) atoms. The quantitative estimate of drug-likeness (QED) is 0.602. The first-order chi connectivity index (χ1) is 7.36. The fourth-order valence-electron chi connectivity index (χ4n) is 1.56. The molecule has 0 aliphatic carbocycles. The second kappa shape index (κ2) is 4.60. The molecular weight excluding hydrogens is 215 g/mol. The van der Waals surface area contributed by atoms with E-state index in [1.807, 2.05) is 26.0 Å². The Morgan fingerprint density at radius 2 is 1.94 bits per heavy atom. The molecule has 0 saturated carbocycles. The lowest BCUT2D eigenvalue weighted by atomic mass is 9.97. The molecule has 2 N–H and O–H groups in total. The lowest BCUT2D eigenvalue weighted by Crippen LogP contribution is -2.07. The van der Waals surface area contributed by atoms with Gasteiger partial charge in [0.2, 0.25) is 0 Å². The van der Waals surface area contributed by atoms with E-state index in [-0.39, 0.29) is 11.6 Å². The van der Waals surface area contributed by atoms with Gasteiger partial charge in [0.1, 0.15) is 0 Å². The Morgan fingerprint density at radius 1 is 1.31 bits per heavy atom. The number of allylic oxidation sites excluding steroid dienone is 2. The lowest BCUT2D eigenvalue weighted by Gasteiger charge is -2.13. The molecule has 0 aliphatic rings. The first-order valence-electron chi connectivity index (χ1n) is 4.95. The van der Waals surface area contributed by atoms with Gasteiger partial charge >= 0.3 is 6.18 Å². The molecule has 1 rings (SSSR count). The minimum absolute atomic E-state index is 0.0206. The zero-order valence-electron chi connectivity index (χ0n) is 9.18. The molecular formula is C12H14F3N. The van der Waals surface area contributed by atoms with Gasteiger partial charge in [0, 0.05) is 11.6 Å². The van der Waals surface area contributed by atoms with Crippen molar-refractivity contribution in [2.75, 3.05) is 5.73 Å². The van der Waals surface area contributed by atoms with Crippen molar-refractivity contribution in [3.05, 3.63) is 41.5 Å². The van der Waals surface area contributed by atoms with Crippen LogP contribution in [0.5, 0.6) is 0 Å². The molecule has 4 heteroatoms. The topological polar surface area (TPSA) is 26.0 Å². The Bertz CT molecular complexity index is 394. The normalized spacial score (nSPS) is 14.3. The van der Waals surface area contributed by atoms with Gasteiger partial charge < -0.3 is 5.73 Å². The Balaban J connectivity index is 3.10. The van der Waals surface area contributed by atoms with Crippen molar-refractivity contribution < 1.29 is 13.2 Å². The molecule has 0 aliphatic heterocycles. The Hall–Kier alpha value is -1.45. The van der Waals surface area contributed by atoms with Gasteiger partial charge in [-0.2, -0.15) is 13.2 Å². The third-order valence-corrected chi connectivity index (χ3v) is 2.39. The van der Waals surface area contributed by atoms with Crippen LogP contribution in [0.1, 0.15) is 30.9 Å². The first-order valence-corrected chi connectivity index (χ1v) is 4.95. The van der Waals surface area contributed by atoms with Crippen molar-refractivity contribution in [2.24, 2.45) is 0 Å². The minimum Gasteiger partial charge on any atom is -0.398 e. The minimum atomic E-state index is -4.34. The standard InChI is InChI=1S/C12H14F3N/c1-3-4-8(2)10-6-5-9(7-11(10)16)12(13,14)15/h3-8H,16H2,1-2H3/b4-3+. The van der Waals surface area contributed by atoms with Crippen LogP contribution in [0, 0.1) is 0 Å². The van der Waals surface area contributed by atoms with Crippen molar-refractivity contribution in [1.82, 2.24) is 0 Å². The highest BCUT2D eigenvalue weighted by Gasteiger charge is 2.30. The van der Waals surface area contributed by atoms with E-state index in [1.165, 1.54) is 6.07 Å². The summed E-state index contributed by atoms with van der Waals surface area (Å²) < 4.78 is 37.1. The maximum Gasteiger partial charge on any atom is 0.416 e. The number of hydrogen-bond donors (Lipinski definition) is 1. The number of benzene rings is 1. The monoisotopic (exact) mass is 229 g/mol. The van der Waals surface area contributed by atoms with Crippen molar-refractivity contribution in [3.63, 3.8) is 0 Å². The van der Waals surface area contributed by atoms with Crippen LogP contribution in [0.15, 0.2) is 30.4 Å². The van der Waals surface area contributed by atoms with Crippen LogP contribution in [-0.2, 0) is 6.18 Å². The molecule has 1 aromatic carbocycles. The van der Waals surface area contributed by atoms with Crippen LogP contribution in [0.3, 0.4) is 0 Å². The van der Waals surface area contributed by atoms with Crippen molar-refractivity contribution >= 4 is 5.69 Å². The fraction of sp³-hybridized carbons (Fsp3) is 0.333. The van der Waals surface area contributed by atoms with Gasteiger partial charge in [0.05, 0.1) is 5.56 Å². The summed E-state index contributed by atoms with van der Waals surface area (Å²) in [6, 6.07) is 3.48. The van der Waals surface area contributed by atoms with Crippen LogP contribution >= 0.6 is 0 Å². The van der Waals surface area contributed by atoms with E-state index in [0.717, 1.165) is 12.1 Å². The average Bonchev–Trinajstić information content (AvgIpc) is 2.16. The number of halogens is 3.